The molecular formula is C48H33N3. The molecule has 0 bridgehead atoms. The molecule has 3 heteroatoms. The summed E-state index contributed by atoms with van der Waals surface area (Å²) in [7, 11) is 0. The van der Waals surface area contributed by atoms with Crippen molar-refractivity contribution in [1.82, 2.24) is 9.97 Å². The molecule has 0 atom stereocenters. The first-order valence-corrected chi connectivity index (χ1v) is 17.5. The number of hydrogen-bond acceptors (Lipinski definition) is 1. The highest BCUT2D eigenvalue weighted by Gasteiger charge is 2.21. The smallest absolute Gasteiger partial charge is 0.0551 e. The van der Waals surface area contributed by atoms with Gasteiger partial charge in [-0.15, -0.1) is 0 Å². The molecule has 3 nitrogen and oxygen atoms in total. The van der Waals surface area contributed by atoms with Crippen molar-refractivity contribution < 1.29 is 0 Å². The van der Waals surface area contributed by atoms with E-state index in [9.17, 15) is 0 Å². The van der Waals surface area contributed by atoms with Crippen LogP contribution in [-0.4, -0.2) is 9.97 Å². The number of aromatic amines is 2. The fraction of sp³-hybridized carbons (Fsp3) is 0. The monoisotopic (exact) mass is 651 g/mol. The van der Waals surface area contributed by atoms with Crippen LogP contribution in [-0.2, 0) is 0 Å². The molecule has 0 fully saturated rings. The molecular weight excluding hydrogens is 619 g/mol. The van der Waals surface area contributed by atoms with E-state index in [1.54, 1.807) is 0 Å². The van der Waals surface area contributed by atoms with E-state index >= 15 is 0 Å². The largest absolute Gasteiger partial charge is 0.355 e. The Morgan fingerprint density at radius 1 is 0.294 bits per heavy atom. The van der Waals surface area contributed by atoms with E-state index in [4.69, 9.17) is 0 Å². The molecule has 0 spiro atoms. The molecule has 10 aromatic rings. The highest BCUT2D eigenvalue weighted by atomic mass is 14.9. The normalized spacial score (nSPS) is 11.5. The van der Waals surface area contributed by atoms with Crippen molar-refractivity contribution in [3.63, 3.8) is 0 Å². The lowest BCUT2D eigenvalue weighted by Crippen LogP contribution is -1.98. The first-order valence-electron chi connectivity index (χ1n) is 17.5. The van der Waals surface area contributed by atoms with Crippen LogP contribution in [0.1, 0.15) is 0 Å². The van der Waals surface area contributed by atoms with Crippen LogP contribution in [0.3, 0.4) is 0 Å². The summed E-state index contributed by atoms with van der Waals surface area (Å²) >= 11 is 0. The lowest BCUT2D eigenvalue weighted by Gasteiger charge is -2.20. The Labute approximate surface area is 295 Å². The van der Waals surface area contributed by atoms with Crippen LogP contribution in [0.4, 0.5) is 11.4 Å². The zero-order chi connectivity index (χ0) is 33.7. The average molecular weight is 652 g/mol. The Morgan fingerprint density at radius 3 is 1.16 bits per heavy atom. The zero-order valence-electron chi connectivity index (χ0n) is 27.8. The standard InChI is InChI=1S/C48H33N3/c1-3-15-31(16-4-1)33-27-29-37-35-19-7-11-23-41(35)50-47(37)45(33)39-21-9-13-25-43(39)49-44-26-14-10-22-40(44)46-34(32-17-5-2-6-18-32)28-30-38-36-20-8-12-24-42(36)51-48(38)46/h1-30,49-51H. The van der Waals surface area contributed by atoms with Gasteiger partial charge in [-0.2, -0.15) is 0 Å². The number of fused-ring (bicyclic) bond motifs is 6. The van der Waals surface area contributed by atoms with Crippen molar-refractivity contribution in [2.45, 2.75) is 0 Å². The first kappa shape index (κ1) is 29.1. The number of hydrogen-bond donors (Lipinski definition) is 3. The lowest BCUT2D eigenvalue weighted by atomic mass is 9.90. The topological polar surface area (TPSA) is 43.6 Å². The van der Waals surface area contributed by atoms with Crippen LogP contribution < -0.4 is 5.32 Å². The second-order valence-corrected chi connectivity index (χ2v) is 13.1. The third-order valence-corrected chi connectivity index (χ3v) is 10.2. The number of para-hydroxylation sites is 4. The summed E-state index contributed by atoms with van der Waals surface area (Å²) in [4.78, 5) is 7.62. The molecule has 0 radical (unpaired) electrons. The third kappa shape index (κ3) is 4.82. The van der Waals surface area contributed by atoms with Gasteiger partial charge in [-0.05, 0) is 46.5 Å². The molecule has 8 aromatic carbocycles. The second-order valence-electron chi connectivity index (χ2n) is 13.1. The molecule has 2 aromatic heterocycles. The molecule has 0 unspecified atom stereocenters. The van der Waals surface area contributed by atoms with Gasteiger partial charge >= 0.3 is 0 Å². The van der Waals surface area contributed by atoms with Gasteiger partial charge < -0.3 is 15.3 Å². The maximum absolute atomic E-state index is 3.96. The SMILES string of the molecule is c1ccc(-c2ccc3c([nH]c4ccccc43)c2-c2ccccc2Nc2ccccc2-c2c(-c3ccccc3)ccc3c2[nH]c2ccccc23)cc1. The van der Waals surface area contributed by atoms with Gasteiger partial charge in [0.1, 0.15) is 0 Å². The van der Waals surface area contributed by atoms with Crippen molar-refractivity contribution in [3.8, 4) is 44.5 Å². The highest BCUT2D eigenvalue weighted by Crippen LogP contribution is 2.46. The van der Waals surface area contributed by atoms with Crippen LogP contribution >= 0.6 is 0 Å². The van der Waals surface area contributed by atoms with E-state index < -0.39 is 0 Å². The molecule has 51 heavy (non-hydrogen) atoms. The number of rotatable bonds is 6. The minimum atomic E-state index is 1.04. The number of nitrogens with one attached hydrogen (secondary N) is 3. The molecule has 3 N–H and O–H groups in total. The quantitative estimate of drug-likeness (QED) is 0.165. The molecule has 0 amide bonds. The van der Waals surface area contributed by atoms with Crippen molar-refractivity contribution in [2.75, 3.05) is 5.32 Å². The summed E-state index contributed by atoms with van der Waals surface area (Å²) in [5.74, 6) is 0. The fourth-order valence-corrected chi connectivity index (χ4v) is 7.88. The predicted octanol–water partition coefficient (Wildman–Crippen LogP) is 13.4. The van der Waals surface area contributed by atoms with Crippen molar-refractivity contribution >= 4 is 55.0 Å². The minimum Gasteiger partial charge on any atom is -0.355 e. The Bertz CT molecular complexity index is 2680. The van der Waals surface area contributed by atoms with Gasteiger partial charge in [0.15, 0.2) is 0 Å². The molecule has 0 aliphatic carbocycles. The molecule has 2 heterocycles. The summed E-state index contributed by atoms with van der Waals surface area (Å²) in [5.41, 5.74) is 16.0. The number of anilines is 2. The predicted molar refractivity (Wildman–Crippen MR) is 217 cm³/mol. The van der Waals surface area contributed by atoms with Gasteiger partial charge in [-0.25, -0.2) is 0 Å². The van der Waals surface area contributed by atoms with Gasteiger partial charge in [-0.3, -0.25) is 0 Å². The summed E-state index contributed by atoms with van der Waals surface area (Å²) in [5, 5.41) is 8.85. The van der Waals surface area contributed by atoms with E-state index in [1.165, 1.54) is 54.9 Å². The second kappa shape index (κ2) is 11.9. The molecule has 10 rings (SSSR count). The van der Waals surface area contributed by atoms with Crippen molar-refractivity contribution in [1.29, 1.82) is 0 Å². The van der Waals surface area contributed by atoms with E-state index in [1.807, 2.05) is 0 Å². The summed E-state index contributed by atoms with van der Waals surface area (Å²) in [6, 6.07) is 65.1. The van der Waals surface area contributed by atoms with Crippen LogP contribution in [0.5, 0.6) is 0 Å². The minimum absolute atomic E-state index is 1.04. The van der Waals surface area contributed by atoms with Gasteiger partial charge in [0, 0.05) is 66.2 Å². The van der Waals surface area contributed by atoms with Gasteiger partial charge in [0.2, 0.25) is 0 Å². The maximum atomic E-state index is 3.96. The maximum Gasteiger partial charge on any atom is 0.0551 e. The third-order valence-electron chi connectivity index (χ3n) is 10.2. The first-order chi connectivity index (χ1) is 25.3. The van der Waals surface area contributed by atoms with Crippen LogP contribution in [0.25, 0.3) is 88.1 Å². The molecule has 0 saturated carbocycles. The number of H-pyrrole nitrogens is 2. The Morgan fingerprint density at radius 2 is 0.686 bits per heavy atom. The Kier molecular flexibility index (Phi) is 6.81. The zero-order valence-corrected chi connectivity index (χ0v) is 27.8. The molecule has 0 aliphatic heterocycles. The Hall–Kier alpha value is -6.84. The number of benzene rings is 8. The molecule has 0 saturated heterocycles. The van der Waals surface area contributed by atoms with E-state index in [-0.39, 0.29) is 0 Å². The van der Waals surface area contributed by atoms with Gasteiger partial charge in [-0.1, -0.05) is 158 Å². The fourth-order valence-electron chi connectivity index (χ4n) is 7.88. The van der Waals surface area contributed by atoms with Crippen LogP contribution in [0, 0.1) is 0 Å². The highest BCUT2D eigenvalue weighted by molar-refractivity contribution is 6.17. The Balaban J connectivity index is 1.21. The summed E-state index contributed by atoms with van der Waals surface area (Å²) in [6.07, 6.45) is 0. The van der Waals surface area contributed by atoms with Gasteiger partial charge in [0.25, 0.3) is 0 Å². The summed E-state index contributed by atoms with van der Waals surface area (Å²) < 4.78 is 0. The summed E-state index contributed by atoms with van der Waals surface area (Å²) in [6.45, 7) is 0. The van der Waals surface area contributed by atoms with Crippen LogP contribution in [0.15, 0.2) is 182 Å². The molecule has 0 aliphatic rings. The molecule has 240 valence electrons. The van der Waals surface area contributed by atoms with Crippen molar-refractivity contribution in [3.05, 3.63) is 182 Å². The van der Waals surface area contributed by atoms with Crippen LogP contribution in [0.2, 0.25) is 0 Å². The average Bonchev–Trinajstić information content (AvgIpc) is 3.77. The van der Waals surface area contributed by atoms with E-state index in [0.29, 0.717) is 0 Å². The van der Waals surface area contributed by atoms with Gasteiger partial charge in [0.05, 0.1) is 11.0 Å². The van der Waals surface area contributed by atoms with Crippen molar-refractivity contribution in [2.24, 2.45) is 0 Å². The van der Waals surface area contributed by atoms with E-state index in [2.05, 4.69) is 197 Å². The number of aromatic nitrogens is 2. The lowest BCUT2D eigenvalue weighted by molar-refractivity contribution is 1.49. The van der Waals surface area contributed by atoms with E-state index in [0.717, 1.165) is 44.6 Å².